The number of fused-ring (bicyclic) bond motifs is 2. The van der Waals surface area contributed by atoms with E-state index < -0.39 is 0 Å². The Bertz CT molecular complexity index is 969. The summed E-state index contributed by atoms with van der Waals surface area (Å²) in [6.07, 6.45) is 4.38. The van der Waals surface area contributed by atoms with Gasteiger partial charge >= 0.3 is 0 Å². The van der Waals surface area contributed by atoms with Crippen molar-refractivity contribution in [3.63, 3.8) is 0 Å². The van der Waals surface area contributed by atoms with Crippen molar-refractivity contribution in [3.8, 4) is 0 Å². The van der Waals surface area contributed by atoms with Gasteiger partial charge in [-0.25, -0.2) is 4.98 Å². The van der Waals surface area contributed by atoms with Gasteiger partial charge in [0.2, 0.25) is 5.91 Å². The Morgan fingerprint density at radius 2 is 1.71 bits per heavy atom. The highest BCUT2D eigenvalue weighted by molar-refractivity contribution is 7.11. The molecule has 3 aliphatic rings. The molecular formula is C23H26N4O3S. The summed E-state index contributed by atoms with van der Waals surface area (Å²) in [5.74, 6) is -0.408. The number of rotatable bonds is 6. The van der Waals surface area contributed by atoms with Crippen LogP contribution in [0, 0.1) is 0 Å². The van der Waals surface area contributed by atoms with Gasteiger partial charge < -0.3 is 4.90 Å². The second-order valence-corrected chi connectivity index (χ2v) is 9.57. The van der Waals surface area contributed by atoms with Crippen LogP contribution in [-0.4, -0.2) is 70.1 Å². The van der Waals surface area contributed by atoms with Gasteiger partial charge in [-0.15, -0.1) is 11.3 Å². The Morgan fingerprint density at radius 3 is 2.39 bits per heavy atom. The molecule has 2 aliphatic heterocycles. The maximum atomic E-state index is 12.6. The first kappa shape index (κ1) is 20.3. The van der Waals surface area contributed by atoms with E-state index in [0.717, 1.165) is 39.1 Å². The third-order valence-electron chi connectivity index (χ3n) is 6.37. The van der Waals surface area contributed by atoms with Crippen LogP contribution in [-0.2, 0) is 24.2 Å². The van der Waals surface area contributed by atoms with E-state index in [1.165, 1.54) is 33.3 Å². The molecule has 162 valence electrons. The molecule has 3 amide bonds. The zero-order chi connectivity index (χ0) is 21.4. The molecule has 8 heteroatoms. The number of hydrogen-bond acceptors (Lipinski definition) is 6. The Hall–Kier alpha value is -2.58. The molecule has 0 unspecified atom stereocenters. The number of aryl methyl sites for hydroxylation is 2. The number of piperazine rings is 1. The van der Waals surface area contributed by atoms with Crippen molar-refractivity contribution in [2.75, 3.05) is 32.7 Å². The summed E-state index contributed by atoms with van der Waals surface area (Å²) in [5.41, 5.74) is 2.22. The summed E-state index contributed by atoms with van der Waals surface area (Å²) in [7, 11) is 0. The molecule has 1 saturated heterocycles. The molecule has 1 aromatic carbocycles. The molecule has 0 radical (unpaired) electrons. The molecule has 2 aromatic rings. The number of carbonyl (C=O) groups is 3. The minimum atomic E-state index is -0.255. The van der Waals surface area contributed by atoms with Crippen LogP contribution in [0.25, 0.3) is 0 Å². The Morgan fingerprint density at radius 1 is 1.00 bits per heavy atom. The van der Waals surface area contributed by atoms with Gasteiger partial charge in [-0.05, 0) is 37.8 Å². The van der Waals surface area contributed by atoms with Crippen LogP contribution in [0.5, 0.6) is 0 Å². The maximum absolute atomic E-state index is 12.6. The lowest BCUT2D eigenvalue weighted by molar-refractivity contribution is -0.133. The van der Waals surface area contributed by atoms with Crippen LogP contribution in [0.4, 0.5) is 0 Å². The molecule has 1 aromatic heterocycles. The highest BCUT2D eigenvalue weighted by Crippen LogP contribution is 2.28. The zero-order valence-corrected chi connectivity index (χ0v) is 18.3. The van der Waals surface area contributed by atoms with Crippen LogP contribution in [0.15, 0.2) is 24.3 Å². The quantitative estimate of drug-likeness (QED) is 0.648. The fourth-order valence-corrected chi connectivity index (χ4v) is 5.85. The predicted molar refractivity (Wildman–Crippen MR) is 117 cm³/mol. The molecule has 31 heavy (non-hydrogen) atoms. The number of aromatic nitrogens is 1. The van der Waals surface area contributed by atoms with Crippen molar-refractivity contribution < 1.29 is 14.4 Å². The van der Waals surface area contributed by atoms with Crippen LogP contribution < -0.4 is 0 Å². The standard InChI is InChI=1S/C23H26N4O3S/c28-21(9-4-10-27-22(29)16-5-1-2-6-17(16)23(27)30)26-13-11-25(12-14-26)15-20-24-18-7-3-8-19(18)31-20/h1-2,5-6H,3-4,7-15H2. The highest BCUT2D eigenvalue weighted by Gasteiger charge is 2.34. The molecular weight excluding hydrogens is 412 g/mol. The van der Waals surface area contributed by atoms with Crippen molar-refractivity contribution in [1.82, 2.24) is 19.7 Å². The van der Waals surface area contributed by atoms with E-state index in [1.54, 1.807) is 24.3 Å². The number of hydrogen-bond donors (Lipinski definition) is 0. The number of carbonyl (C=O) groups excluding carboxylic acids is 3. The van der Waals surface area contributed by atoms with E-state index >= 15 is 0 Å². The maximum Gasteiger partial charge on any atom is 0.261 e. The topological polar surface area (TPSA) is 73.8 Å². The van der Waals surface area contributed by atoms with Gasteiger partial charge in [0.25, 0.3) is 11.8 Å². The summed E-state index contributed by atoms with van der Waals surface area (Å²) < 4.78 is 0. The first-order valence-electron chi connectivity index (χ1n) is 11.0. The summed E-state index contributed by atoms with van der Waals surface area (Å²) in [6.45, 7) is 4.31. The van der Waals surface area contributed by atoms with Crippen LogP contribution in [0.2, 0.25) is 0 Å². The third-order valence-corrected chi connectivity index (χ3v) is 7.52. The van der Waals surface area contributed by atoms with Crippen LogP contribution in [0.1, 0.15) is 55.6 Å². The molecule has 5 rings (SSSR count). The monoisotopic (exact) mass is 438 g/mol. The minimum Gasteiger partial charge on any atom is -0.340 e. The molecule has 0 atom stereocenters. The second kappa shape index (κ2) is 8.51. The van der Waals surface area contributed by atoms with Gasteiger partial charge in [0, 0.05) is 44.0 Å². The molecule has 0 saturated carbocycles. The smallest absolute Gasteiger partial charge is 0.261 e. The second-order valence-electron chi connectivity index (χ2n) is 8.40. The van der Waals surface area contributed by atoms with E-state index in [2.05, 4.69) is 4.90 Å². The third kappa shape index (κ3) is 4.02. The van der Waals surface area contributed by atoms with E-state index in [9.17, 15) is 14.4 Å². The van der Waals surface area contributed by atoms with E-state index in [0.29, 0.717) is 24.0 Å². The van der Waals surface area contributed by atoms with E-state index in [4.69, 9.17) is 4.98 Å². The molecule has 1 aliphatic carbocycles. The fourth-order valence-electron chi connectivity index (χ4n) is 4.65. The fraction of sp³-hybridized carbons (Fsp3) is 0.478. The van der Waals surface area contributed by atoms with Crippen molar-refractivity contribution in [2.24, 2.45) is 0 Å². The van der Waals surface area contributed by atoms with Crippen LogP contribution in [0.3, 0.4) is 0 Å². The Kier molecular flexibility index (Phi) is 5.58. The lowest BCUT2D eigenvalue weighted by atomic mass is 10.1. The Balaban J connectivity index is 1.06. The van der Waals surface area contributed by atoms with Gasteiger partial charge in [0.15, 0.2) is 0 Å². The number of nitrogens with zero attached hydrogens (tertiary/aromatic N) is 4. The van der Waals surface area contributed by atoms with Crippen molar-refractivity contribution in [1.29, 1.82) is 0 Å². The molecule has 7 nitrogen and oxygen atoms in total. The first-order chi connectivity index (χ1) is 15.1. The summed E-state index contributed by atoms with van der Waals surface area (Å²) in [5, 5.41) is 1.20. The SMILES string of the molecule is O=C(CCCN1C(=O)c2ccccc2C1=O)N1CCN(Cc2nc3c(s2)CCC3)CC1. The van der Waals surface area contributed by atoms with Crippen LogP contribution >= 0.6 is 11.3 Å². The highest BCUT2D eigenvalue weighted by atomic mass is 32.1. The zero-order valence-electron chi connectivity index (χ0n) is 17.5. The number of benzene rings is 1. The molecule has 1 fully saturated rings. The van der Waals surface area contributed by atoms with Gasteiger partial charge in [-0.3, -0.25) is 24.2 Å². The lowest BCUT2D eigenvalue weighted by Crippen LogP contribution is -2.48. The van der Waals surface area contributed by atoms with Crippen molar-refractivity contribution in [2.45, 2.75) is 38.6 Å². The minimum absolute atomic E-state index is 0.101. The number of thiazole rings is 1. The van der Waals surface area contributed by atoms with E-state index in [-0.39, 0.29) is 24.3 Å². The molecule has 0 N–H and O–H groups in total. The number of imide groups is 1. The van der Waals surface area contributed by atoms with Gasteiger partial charge in [-0.1, -0.05) is 12.1 Å². The lowest BCUT2D eigenvalue weighted by Gasteiger charge is -2.34. The summed E-state index contributed by atoms with van der Waals surface area (Å²) in [4.78, 5) is 49.2. The average molecular weight is 439 g/mol. The normalized spacial score (nSPS) is 18.6. The predicted octanol–water partition coefficient (Wildman–Crippen LogP) is 2.35. The molecule has 0 bridgehead atoms. The van der Waals surface area contributed by atoms with Crippen molar-refractivity contribution >= 4 is 29.1 Å². The summed E-state index contributed by atoms with van der Waals surface area (Å²) >= 11 is 1.85. The first-order valence-corrected chi connectivity index (χ1v) is 11.8. The van der Waals surface area contributed by atoms with Gasteiger partial charge in [-0.2, -0.15) is 0 Å². The van der Waals surface area contributed by atoms with E-state index in [1.807, 2.05) is 16.2 Å². The largest absolute Gasteiger partial charge is 0.340 e. The van der Waals surface area contributed by atoms with Gasteiger partial charge in [0.1, 0.15) is 5.01 Å². The average Bonchev–Trinajstić information content (AvgIpc) is 3.44. The molecule has 0 spiro atoms. The molecule has 3 heterocycles. The summed E-state index contributed by atoms with van der Waals surface area (Å²) in [6, 6.07) is 6.88. The van der Waals surface area contributed by atoms with Crippen molar-refractivity contribution in [3.05, 3.63) is 51.0 Å². The Labute approximate surface area is 185 Å². The van der Waals surface area contributed by atoms with Gasteiger partial charge in [0.05, 0.1) is 23.4 Å². The number of amides is 3.